The average Bonchev–Trinajstić information content (AvgIpc) is 2.61. The van der Waals surface area contributed by atoms with Crippen molar-refractivity contribution in [3.05, 3.63) is 23.3 Å². The van der Waals surface area contributed by atoms with E-state index in [1.165, 1.54) is 24.8 Å². The van der Waals surface area contributed by atoms with Crippen LogP contribution >= 0.6 is 0 Å². The van der Waals surface area contributed by atoms with Gasteiger partial charge in [0.1, 0.15) is 0 Å². The zero-order valence-corrected chi connectivity index (χ0v) is 7.06. The minimum Gasteiger partial charge on any atom is -0.0952 e. The summed E-state index contributed by atoms with van der Waals surface area (Å²) in [6.07, 6.45) is 4.22. The van der Waals surface area contributed by atoms with Crippen molar-refractivity contribution < 1.29 is 0 Å². The quantitative estimate of drug-likeness (QED) is 0.493. The van der Waals surface area contributed by atoms with E-state index >= 15 is 0 Å². The summed E-state index contributed by atoms with van der Waals surface area (Å²) in [5.74, 6) is 2.72. The van der Waals surface area contributed by atoms with Gasteiger partial charge in [-0.3, -0.25) is 0 Å². The maximum Gasteiger partial charge on any atom is -0.00930 e. The monoisotopic (exact) mass is 146 g/mol. The zero-order chi connectivity index (χ0) is 7.59. The Morgan fingerprint density at radius 3 is 2.91 bits per heavy atom. The summed E-state index contributed by atoms with van der Waals surface area (Å²) in [6.45, 7) is 6.57. The van der Waals surface area contributed by atoms with Crippen molar-refractivity contribution in [3.8, 4) is 0 Å². The van der Waals surface area contributed by atoms with Gasteiger partial charge in [-0.15, -0.1) is 0 Å². The summed E-state index contributed by atoms with van der Waals surface area (Å²) < 4.78 is 0. The van der Waals surface area contributed by atoms with Gasteiger partial charge in [0.2, 0.25) is 0 Å². The molecule has 0 amide bonds. The maximum atomic E-state index is 4.21. The average molecular weight is 146 g/mol. The van der Waals surface area contributed by atoms with E-state index in [9.17, 15) is 0 Å². The number of allylic oxidation sites excluding steroid dienone is 3. The van der Waals surface area contributed by atoms with Crippen molar-refractivity contribution in [2.75, 3.05) is 0 Å². The molecule has 3 aliphatic rings. The number of hydrogen-bond acceptors (Lipinski definition) is 0. The Bertz CT molecular complexity index is 270. The molecule has 0 N–H and O–H groups in total. The van der Waals surface area contributed by atoms with Crippen LogP contribution in [-0.4, -0.2) is 0 Å². The van der Waals surface area contributed by atoms with Gasteiger partial charge >= 0.3 is 0 Å². The van der Waals surface area contributed by atoms with Crippen molar-refractivity contribution in [2.45, 2.75) is 26.2 Å². The Morgan fingerprint density at radius 2 is 2.18 bits per heavy atom. The van der Waals surface area contributed by atoms with E-state index in [0.717, 1.165) is 17.8 Å². The molecule has 3 atom stereocenters. The molecule has 1 saturated carbocycles. The van der Waals surface area contributed by atoms with Gasteiger partial charge < -0.3 is 0 Å². The normalized spacial score (nSPS) is 46.3. The molecule has 0 aromatic heterocycles. The van der Waals surface area contributed by atoms with E-state index in [0.29, 0.717) is 0 Å². The van der Waals surface area contributed by atoms with Crippen LogP contribution in [0.2, 0.25) is 0 Å². The van der Waals surface area contributed by atoms with E-state index < -0.39 is 0 Å². The van der Waals surface area contributed by atoms with E-state index in [4.69, 9.17) is 0 Å². The highest BCUT2D eigenvalue weighted by Crippen LogP contribution is 2.63. The first-order chi connectivity index (χ1) is 5.29. The van der Waals surface area contributed by atoms with Gasteiger partial charge in [-0.1, -0.05) is 19.1 Å². The van der Waals surface area contributed by atoms with E-state index in [-0.39, 0.29) is 0 Å². The van der Waals surface area contributed by atoms with Crippen LogP contribution in [0.1, 0.15) is 26.2 Å². The third-order valence-electron chi connectivity index (χ3n) is 3.72. The largest absolute Gasteiger partial charge is 0.0952 e. The standard InChI is InChI=1S/C11H14/c1-6-3-4-8-10-5-9(10)7(2)11(6)8/h6,9-10H,2-5H2,1H3. The molecule has 3 rings (SSSR count). The van der Waals surface area contributed by atoms with Crippen LogP contribution < -0.4 is 0 Å². The van der Waals surface area contributed by atoms with Gasteiger partial charge in [-0.2, -0.15) is 0 Å². The molecule has 58 valence electrons. The van der Waals surface area contributed by atoms with Crippen LogP contribution in [0.4, 0.5) is 0 Å². The second-order valence-electron chi connectivity index (χ2n) is 4.35. The Morgan fingerprint density at radius 1 is 1.36 bits per heavy atom. The smallest absolute Gasteiger partial charge is 0.00930 e. The molecule has 0 radical (unpaired) electrons. The molecule has 0 aliphatic heterocycles. The molecular formula is C11H14. The highest BCUT2D eigenvalue weighted by atomic mass is 14.6. The van der Waals surface area contributed by atoms with E-state index in [1.807, 2.05) is 0 Å². The lowest BCUT2D eigenvalue weighted by Crippen LogP contribution is -1.95. The third kappa shape index (κ3) is 0.571. The van der Waals surface area contributed by atoms with Crippen molar-refractivity contribution >= 4 is 0 Å². The Balaban J connectivity index is 2.10. The van der Waals surface area contributed by atoms with Crippen LogP contribution in [-0.2, 0) is 0 Å². The second kappa shape index (κ2) is 1.63. The van der Waals surface area contributed by atoms with Crippen LogP contribution in [0.15, 0.2) is 23.3 Å². The summed E-state index contributed by atoms with van der Waals surface area (Å²) in [5, 5.41) is 0. The molecule has 0 heterocycles. The first kappa shape index (κ1) is 6.05. The van der Waals surface area contributed by atoms with E-state index in [2.05, 4.69) is 13.5 Å². The minimum atomic E-state index is 0.838. The molecule has 3 aliphatic carbocycles. The fraction of sp³-hybridized carbons (Fsp3) is 0.636. The van der Waals surface area contributed by atoms with Gasteiger partial charge in [0.25, 0.3) is 0 Å². The third-order valence-corrected chi connectivity index (χ3v) is 3.72. The SMILES string of the molecule is C=C1C2=C(CCC2C)C2CC12. The van der Waals surface area contributed by atoms with Gasteiger partial charge in [0, 0.05) is 0 Å². The Hall–Kier alpha value is -0.520. The topological polar surface area (TPSA) is 0 Å². The maximum absolute atomic E-state index is 4.21. The number of hydrogen-bond donors (Lipinski definition) is 0. The molecule has 0 nitrogen and oxygen atoms in total. The summed E-state index contributed by atoms with van der Waals surface area (Å²) in [7, 11) is 0. The zero-order valence-electron chi connectivity index (χ0n) is 7.06. The molecular weight excluding hydrogens is 132 g/mol. The van der Waals surface area contributed by atoms with Crippen molar-refractivity contribution in [1.29, 1.82) is 0 Å². The summed E-state index contributed by atoms with van der Waals surface area (Å²) in [4.78, 5) is 0. The lowest BCUT2D eigenvalue weighted by molar-refractivity contribution is 0.655. The molecule has 11 heavy (non-hydrogen) atoms. The van der Waals surface area contributed by atoms with Crippen LogP contribution in [0.25, 0.3) is 0 Å². The van der Waals surface area contributed by atoms with Crippen LogP contribution in [0.3, 0.4) is 0 Å². The lowest BCUT2D eigenvalue weighted by Gasteiger charge is -2.09. The molecule has 0 saturated heterocycles. The van der Waals surface area contributed by atoms with Crippen molar-refractivity contribution in [1.82, 2.24) is 0 Å². The van der Waals surface area contributed by atoms with Gasteiger partial charge in [0.15, 0.2) is 0 Å². The molecule has 0 heteroatoms. The lowest BCUT2D eigenvalue weighted by atomic mass is 9.96. The Kier molecular flexibility index (Phi) is 0.894. The molecule has 0 aromatic carbocycles. The predicted molar refractivity (Wildman–Crippen MR) is 46.2 cm³/mol. The molecule has 0 spiro atoms. The molecule has 0 bridgehead atoms. The fourth-order valence-electron chi connectivity index (χ4n) is 3.04. The van der Waals surface area contributed by atoms with Crippen molar-refractivity contribution in [2.24, 2.45) is 17.8 Å². The van der Waals surface area contributed by atoms with Gasteiger partial charge in [0.05, 0.1) is 0 Å². The number of rotatable bonds is 0. The predicted octanol–water partition coefficient (Wildman–Crippen LogP) is 2.92. The summed E-state index contributed by atoms with van der Waals surface area (Å²) in [6, 6.07) is 0. The van der Waals surface area contributed by atoms with Gasteiger partial charge in [-0.05, 0) is 48.2 Å². The first-order valence-electron chi connectivity index (χ1n) is 4.71. The highest BCUT2D eigenvalue weighted by molar-refractivity contribution is 5.52. The van der Waals surface area contributed by atoms with Crippen molar-refractivity contribution in [3.63, 3.8) is 0 Å². The fourth-order valence-corrected chi connectivity index (χ4v) is 3.04. The summed E-state index contributed by atoms with van der Waals surface area (Å²) in [5.41, 5.74) is 4.99. The highest BCUT2D eigenvalue weighted by Gasteiger charge is 2.51. The van der Waals surface area contributed by atoms with E-state index in [1.54, 1.807) is 11.1 Å². The van der Waals surface area contributed by atoms with Crippen LogP contribution in [0, 0.1) is 17.8 Å². The first-order valence-corrected chi connectivity index (χ1v) is 4.71. The summed E-state index contributed by atoms with van der Waals surface area (Å²) >= 11 is 0. The Labute approximate surface area is 68.0 Å². The molecule has 1 fully saturated rings. The minimum absolute atomic E-state index is 0.838. The van der Waals surface area contributed by atoms with Gasteiger partial charge in [-0.25, -0.2) is 0 Å². The number of fused-ring (bicyclic) bond motifs is 2. The molecule has 3 unspecified atom stereocenters. The second-order valence-corrected chi connectivity index (χ2v) is 4.35. The van der Waals surface area contributed by atoms with Crippen LogP contribution in [0.5, 0.6) is 0 Å². The molecule has 0 aromatic rings.